The number of halogens is 3. The number of rotatable bonds is 11. The third kappa shape index (κ3) is 6.71. The molecule has 0 spiro atoms. The van der Waals surface area contributed by atoms with Gasteiger partial charge in [0, 0.05) is 41.8 Å². The minimum Gasteiger partial charge on any atom is -0.493 e. The van der Waals surface area contributed by atoms with Gasteiger partial charge in [0.2, 0.25) is 0 Å². The molecular weight excluding hydrogens is 411 g/mol. The molecular formula is C19H23Cl3N2O3. The molecule has 0 aliphatic rings. The van der Waals surface area contributed by atoms with E-state index in [1.165, 1.54) is 0 Å². The van der Waals surface area contributed by atoms with Gasteiger partial charge in [-0.05, 0) is 29.8 Å². The van der Waals surface area contributed by atoms with Gasteiger partial charge in [-0.3, -0.25) is 0 Å². The molecule has 2 aromatic rings. The molecule has 0 fully saturated rings. The lowest BCUT2D eigenvalue weighted by molar-refractivity contribution is 0.284. The minimum absolute atomic E-state index is 0.133. The van der Waals surface area contributed by atoms with Crippen molar-refractivity contribution in [3.63, 3.8) is 0 Å². The van der Waals surface area contributed by atoms with Crippen LogP contribution in [0.3, 0.4) is 0 Å². The number of nitrogens with one attached hydrogen (secondary N) is 2. The summed E-state index contributed by atoms with van der Waals surface area (Å²) in [5, 5.41) is 16.6. The van der Waals surface area contributed by atoms with E-state index in [0.717, 1.165) is 18.7 Å². The SMILES string of the molecule is COc1cc(CNCCNCCO)cc(Cl)c1OCc1c(Cl)cccc1Cl. The van der Waals surface area contributed by atoms with Crippen LogP contribution in [0, 0.1) is 0 Å². The first kappa shape index (κ1) is 22.1. The number of ether oxygens (including phenoxy) is 2. The fourth-order valence-electron chi connectivity index (χ4n) is 2.44. The number of methoxy groups -OCH3 is 1. The maximum atomic E-state index is 8.72. The molecule has 5 nitrogen and oxygen atoms in total. The highest BCUT2D eigenvalue weighted by Gasteiger charge is 2.14. The first-order valence-corrected chi connectivity index (χ1v) is 9.64. The van der Waals surface area contributed by atoms with Gasteiger partial charge in [-0.2, -0.15) is 0 Å². The van der Waals surface area contributed by atoms with Gasteiger partial charge < -0.3 is 25.2 Å². The molecule has 0 unspecified atom stereocenters. The molecule has 2 aromatic carbocycles. The van der Waals surface area contributed by atoms with Crippen molar-refractivity contribution in [1.82, 2.24) is 10.6 Å². The highest BCUT2D eigenvalue weighted by Crippen LogP contribution is 2.37. The second-order valence-corrected chi connectivity index (χ2v) is 6.97. The summed E-state index contributed by atoms with van der Waals surface area (Å²) in [4.78, 5) is 0. The summed E-state index contributed by atoms with van der Waals surface area (Å²) in [5.74, 6) is 0.990. The quantitative estimate of drug-likeness (QED) is 0.469. The lowest BCUT2D eigenvalue weighted by atomic mass is 10.2. The van der Waals surface area contributed by atoms with E-state index < -0.39 is 0 Å². The summed E-state index contributed by atoms with van der Waals surface area (Å²) in [6, 6.07) is 9.01. The third-order valence-electron chi connectivity index (χ3n) is 3.81. The van der Waals surface area contributed by atoms with Crippen LogP contribution < -0.4 is 20.1 Å². The molecule has 8 heteroatoms. The van der Waals surface area contributed by atoms with Crippen LogP contribution in [-0.4, -0.2) is 38.5 Å². The topological polar surface area (TPSA) is 62.8 Å². The Balaban J connectivity index is 2.01. The van der Waals surface area contributed by atoms with E-state index in [4.69, 9.17) is 49.4 Å². The Kier molecular flexibility index (Phi) is 9.48. The highest BCUT2D eigenvalue weighted by molar-refractivity contribution is 6.36. The Bertz CT molecular complexity index is 724. The molecule has 0 saturated carbocycles. The molecule has 0 aliphatic carbocycles. The second kappa shape index (κ2) is 11.6. The van der Waals surface area contributed by atoms with Crippen molar-refractivity contribution in [3.8, 4) is 11.5 Å². The number of hydrogen-bond acceptors (Lipinski definition) is 5. The predicted molar refractivity (Wildman–Crippen MR) is 110 cm³/mol. The monoisotopic (exact) mass is 432 g/mol. The number of aliphatic hydroxyl groups excluding tert-OH is 1. The van der Waals surface area contributed by atoms with Gasteiger partial charge in [0.15, 0.2) is 11.5 Å². The first-order chi connectivity index (χ1) is 13.1. The average Bonchev–Trinajstić information content (AvgIpc) is 2.65. The van der Waals surface area contributed by atoms with E-state index in [-0.39, 0.29) is 13.2 Å². The van der Waals surface area contributed by atoms with Crippen LogP contribution in [0.4, 0.5) is 0 Å². The largest absolute Gasteiger partial charge is 0.493 e. The van der Waals surface area contributed by atoms with Crippen LogP contribution in [0.5, 0.6) is 11.5 Å². The van der Waals surface area contributed by atoms with Gasteiger partial charge in [-0.15, -0.1) is 0 Å². The molecule has 0 atom stereocenters. The molecule has 2 rings (SSSR count). The van der Waals surface area contributed by atoms with Gasteiger partial charge in [-0.25, -0.2) is 0 Å². The van der Waals surface area contributed by atoms with Crippen molar-refractivity contribution >= 4 is 34.8 Å². The molecule has 3 N–H and O–H groups in total. The Morgan fingerprint density at radius 2 is 1.67 bits per heavy atom. The van der Waals surface area contributed by atoms with Gasteiger partial charge in [0.25, 0.3) is 0 Å². The lowest BCUT2D eigenvalue weighted by Crippen LogP contribution is -2.28. The maximum Gasteiger partial charge on any atom is 0.180 e. The molecule has 0 saturated heterocycles. The molecule has 0 bridgehead atoms. The van der Waals surface area contributed by atoms with E-state index in [0.29, 0.717) is 45.2 Å². The highest BCUT2D eigenvalue weighted by atomic mass is 35.5. The Morgan fingerprint density at radius 1 is 0.963 bits per heavy atom. The zero-order chi connectivity index (χ0) is 19.6. The van der Waals surface area contributed by atoms with Crippen molar-refractivity contribution in [2.75, 3.05) is 33.4 Å². The van der Waals surface area contributed by atoms with E-state index in [2.05, 4.69) is 10.6 Å². The third-order valence-corrected chi connectivity index (χ3v) is 4.80. The lowest BCUT2D eigenvalue weighted by Gasteiger charge is -2.15. The fourth-order valence-corrected chi connectivity index (χ4v) is 3.24. The van der Waals surface area contributed by atoms with Gasteiger partial charge in [0.1, 0.15) is 6.61 Å². The van der Waals surface area contributed by atoms with Crippen LogP contribution >= 0.6 is 34.8 Å². The average molecular weight is 434 g/mol. The minimum atomic E-state index is 0.133. The molecule has 0 radical (unpaired) electrons. The van der Waals surface area contributed by atoms with Crippen molar-refractivity contribution in [3.05, 3.63) is 56.5 Å². The summed E-state index contributed by atoms with van der Waals surface area (Å²) in [7, 11) is 1.57. The number of aliphatic hydroxyl groups is 1. The van der Waals surface area contributed by atoms with E-state index in [1.54, 1.807) is 25.3 Å². The summed E-state index contributed by atoms with van der Waals surface area (Å²) >= 11 is 18.8. The van der Waals surface area contributed by atoms with Crippen molar-refractivity contribution < 1.29 is 14.6 Å². The van der Waals surface area contributed by atoms with Crippen molar-refractivity contribution in [2.45, 2.75) is 13.2 Å². The Morgan fingerprint density at radius 3 is 2.33 bits per heavy atom. The molecule has 27 heavy (non-hydrogen) atoms. The predicted octanol–water partition coefficient (Wildman–Crippen LogP) is 3.91. The van der Waals surface area contributed by atoms with E-state index >= 15 is 0 Å². The molecule has 148 valence electrons. The molecule has 0 aliphatic heterocycles. The second-order valence-electron chi connectivity index (χ2n) is 5.75. The van der Waals surface area contributed by atoms with Crippen LogP contribution in [0.25, 0.3) is 0 Å². The van der Waals surface area contributed by atoms with Crippen LogP contribution in [-0.2, 0) is 13.2 Å². The summed E-state index contributed by atoms with van der Waals surface area (Å²) in [6.07, 6.45) is 0. The Hall–Kier alpha value is -1.21. The standard InChI is InChI=1S/C19H23Cl3N2O3/c1-26-18-10-13(11-24-6-5-23-7-8-25)9-17(22)19(18)27-12-14-15(20)3-2-4-16(14)21/h2-4,9-10,23-25H,5-8,11-12H2,1H3. The van der Waals surface area contributed by atoms with Crippen molar-refractivity contribution in [2.24, 2.45) is 0 Å². The normalized spacial score (nSPS) is 10.9. The van der Waals surface area contributed by atoms with Gasteiger partial charge in [-0.1, -0.05) is 40.9 Å². The first-order valence-electron chi connectivity index (χ1n) is 8.51. The zero-order valence-electron chi connectivity index (χ0n) is 15.0. The summed E-state index contributed by atoms with van der Waals surface area (Å²) in [6.45, 7) is 3.07. The number of hydrogen-bond donors (Lipinski definition) is 3. The Labute approximate surface area is 174 Å². The summed E-state index contributed by atoms with van der Waals surface area (Å²) < 4.78 is 11.3. The molecule has 0 aromatic heterocycles. The fraction of sp³-hybridized carbons (Fsp3) is 0.368. The van der Waals surface area contributed by atoms with Crippen LogP contribution in [0.1, 0.15) is 11.1 Å². The van der Waals surface area contributed by atoms with Crippen molar-refractivity contribution in [1.29, 1.82) is 0 Å². The smallest absolute Gasteiger partial charge is 0.180 e. The van der Waals surface area contributed by atoms with Crippen LogP contribution in [0.15, 0.2) is 30.3 Å². The summed E-state index contributed by atoms with van der Waals surface area (Å²) in [5.41, 5.74) is 1.67. The molecule has 0 heterocycles. The number of benzene rings is 2. The van der Waals surface area contributed by atoms with Gasteiger partial charge >= 0.3 is 0 Å². The van der Waals surface area contributed by atoms with E-state index in [1.807, 2.05) is 12.1 Å². The maximum absolute atomic E-state index is 8.72. The van der Waals surface area contributed by atoms with Crippen LogP contribution in [0.2, 0.25) is 15.1 Å². The van der Waals surface area contributed by atoms with Gasteiger partial charge in [0.05, 0.1) is 18.7 Å². The zero-order valence-corrected chi connectivity index (χ0v) is 17.3. The van der Waals surface area contributed by atoms with E-state index in [9.17, 15) is 0 Å². The molecule has 0 amide bonds.